The lowest BCUT2D eigenvalue weighted by Crippen LogP contribution is -2.22. The number of nitriles is 1. The van der Waals surface area contributed by atoms with Crippen LogP contribution in [0.2, 0.25) is 0 Å². The molecule has 8 heteroatoms. The van der Waals surface area contributed by atoms with Gasteiger partial charge >= 0.3 is 0 Å². The van der Waals surface area contributed by atoms with Gasteiger partial charge in [-0.3, -0.25) is 15.0 Å². The van der Waals surface area contributed by atoms with Gasteiger partial charge in [0.15, 0.2) is 10.7 Å². The summed E-state index contributed by atoms with van der Waals surface area (Å²) >= 11 is 0.987. The van der Waals surface area contributed by atoms with Crippen LogP contribution in [0.5, 0.6) is 0 Å². The second-order valence-electron chi connectivity index (χ2n) is 5.96. The van der Waals surface area contributed by atoms with Gasteiger partial charge in [-0.1, -0.05) is 36.4 Å². The lowest BCUT2D eigenvalue weighted by atomic mass is 10.1. The van der Waals surface area contributed by atoms with Crippen LogP contribution >= 0.6 is 11.3 Å². The molecule has 0 spiro atoms. The summed E-state index contributed by atoms with van der Waals surface area (Å²) in [4.78, 5) is 29.6. The van der Waals surface area contributed by atoms with Crippen molar-refractivity contribution in [1.82, 2.24) is 9.55 Å². The number of nitrogens with zero attached hydrogens (tertiary/aromatic N) is 4. The van der Waals surface area contributed by atoms with E-state index in [1.807, 2.05) is 24.3 Å². The molecule has 0 aliphatic heterocycles. The molecule has 0 fully saturated rings. The first-order chi connectivity index (χ1) is 13.6. The first-order valence-corrected chi connectivity index (χ1v) is 9.13. The SMILES string of the molecule is Cn1c(=O)c2sc(/C(C#N)=N/Nc3ccccc3)nc(=O)c2c2ccccc21. The normalized spacial score (nSPS) is 11.5. The highest BCUT2D eigenvalue weighted by atomic mass is 32.1. The molecule has 136 valence electrons. The Morgan fingerprint density at radius 1 is 1.14 bits per heavy atom. The summed E-state index contributed by atoms with van der Waals surface area (Å²) < 4.78 is 1.74. The summed E-state index contributed by atoms with van der Waals surface area (Å²) in [5.41, 5.74) is 3.17. The molecule has 0 aliphatic carbocycles. The van der Waals surface area contributed by atoms with Crippen LogP contribution in [-0.4, -0.2) is 15.3 Å². The molecule has 2 heterocycles. The van der Waals surface area contributed by atoms with E-state index < -0.39 is 5.56 Å². The van der Waals surface area contributed by atoms with Gasteiger partial charge in [-0.05, 0) is 18.2 Å². The van der Waals surface area contributed by atoms with Gasteiger partial charge in [0.25, 0.3) is 11.1 Å². The van der Waals surface area contributed by atoms with Crippen LogP contribution in [0.3, 0.4) is 0 Å². The minimum Gasteiger partial charge on any atom is -0.310 e. The molecule has 2 aromatic carbocycles. The summed E-state index contributed by atoms with van der Waals surface area (Å²) in [6.07, 6.45) is 0. The molecular formula is C20H13N5O2S. The number of fused-ring (bicyclic) bond motifs is 3. The van der Waals surface area contributed by atoms with Crippen molar-refractivity contribution in [3.05, 3.63) is 80.3 Å². The van der Waals surface area contributed by atoms with Crippen molar-refractivity contribution in [2.45, 2.75) is 0 Å². The zero-order valence-electron chi connectivity index (χ0n) is 14.7. The fourth-order valence-electron chi connectivity index (χ4n) is 2.90. The predicted molar refractivity (Wildman–Crippen MR) is 111 cm³/mol. The van der Waals surface area contributed by atoms with E-state index in [4.69, 9.17) is 0 Å². The highest BCUT2D eigenvalue weighted by Gasteiger charge is 2.17. The standard InChI is InChI=1S/C20H13N5O2S/c1-25-15-10-6-5-9-13(15)16-17(20(25)27)28-19(22-18(16)26)14(11-21)24-23-12-7-3-2-4-8-12/h2-10,23H,1H3/b24-14+. The van der Waals surface area contributed by atoms with Gasteiger partial charge < -0.3 is 4.57 Å². The van der Waals surface area contributed by atoms with Gasteiger partial charge in [-0.25, -0.2) is 0 Å². The highest BCUT2D eigenvalue weighted by Crippen LogP contribution is 2.23. The largest absolute Gasteiger partial charge is 0.310 e. The van der Waals surface area contributed by atoms with Crippen LogP contribution in [0.15, 0.2) is 69.3 Å². The summed E-state index contributed by atoms with van der Waals surface area (Å²) in [5.74, 6) is 0. The Morgan fingerprint density at radius 2 is 1.86 bits per heavy atom. The van der Waals surface area contributed by atoms with Gasteiger partial charge in [0.05, 0.1) is 16.6 Å². The molecule has 0 bridgehead atoms. The van der Waals surface area contributed by atoms with E-state index in [0.29, 0.717) is 16.6 Å². The quantitative estimate of drug-likeness (QED) is 0.331. The highest BCUT2D eigenvalue weighted by molar-refractivity contribution is 7.20. The van der Waals surface area contributed by atoms with Crippen LogP contribution in [0.1, 0.15) is 5.01 Å². The molecule has 0 amide bonds. The molecule has 0 aliphatic rings. The van der Waals surface area contributed by atoms with Crippen molar-refractivity contribution < 1.29 is 0 Å². The molecule has 4 aromatic rings. The third kappa shape index (κ3) is 2.94. The van der Waals surface area contributed by atoms with Crippen LogP contribution in [0, 0.1) is 11.3 Å². The van der Waals surface area contributed by atoms with E-state index >= 15 is 0 Å². The van der Waals surface area contributed by atoms with Crippen molar-refractivity contribution in [3.63, 3.8) is 0 Å². The molecule has 0 unspecified atom stereocenters. The van der Waals surface area contributed by atoms with Crippen LogP contribution < -0.4 is 16.5 Å². The van der Waals surface area contributed by atoms with E-state index in [1.165, 1.54) is 4.57 Å². The van der Waals surface area contributed by atoms with Gasteiger partial charge in [-0.2, -0.15) is 15.3 Å². The minimum absolute atomic E-state index is 0.0666. The Labute approximate surface area is 162 Å². The zero-order valence-corrected chi connectivity index (χ0v) is 15.5. The summed E-state index contributed by atoms with van der Waals surface area (Å²) in [5, 5.41) is 14.5. The third-order valence-corrected chi connectivity index (χ3v) is 5.32. The number of nitrogens with one attached hydrogen (secondary N) is 1. The molecule has 0 atom stereocenters. The van der Waals surface area contributed by atoms with Crippen LogP contribution in [0.25, 0.3) is 21.0 Å². The van der Waals surface area contributed by atoms with E-state index in [9.17, 15) is 14.9 Å². The number of aromatic nitrogens is 2. The van der Waals surface area contributed by atoms with Gasteiger partial charge in [0.2, 0.25) is 0 Å². The second kappa shape index (κ2) is 7.06. The zero-order chi connectivity index (χ0) is 19.7. The first kappa shape index (κ1) is 17.6. The average molecular weight is 387 g/mol. The fourth-order valence-corrected chi connectivity index (χ4v) is 3.93. The van der Waals surface area contributed by atoms with E-state index in [1.54, 1.807) is 43.4 Å². The first-order valence-electron chi connectivity index (χ1n) is 8.32. The maximum absolute atomic E-state index is 12.8. The minimum atomic E-state index is -0.555. The molecule has 1 N–H and O–H groups in total. The molecule has 7 nitrogen and oxygen atoms in total. The number of hydrogen-bond donors (Lipinski definition) is 1. The number of aryl methyl sites for hydroxylation is 1. The Balaban J connectivity index is 1.93. The molecule has 4 rings (SSSR count). The smallest absolute Gasteiger partial charge is 0.280 e. The van der Waals surface area contributed by atoms with E-state index in [0.717, 1.165) is 11.3 Å². The van der Waals surface area contributed by atoms with Crippen LogP contribution in [-0.2, 0) is 7.05 Å². The Morgan fingerprint density at radius 3 is 2.61 bits per heavy atom. The average Bonchev–Trinajstić information content (AvgIpc) is 2.73. The Hall–Kier alpha value is -3.83. The number of rotatable bonds is 3. The van der Waals surface area contributed by atoms with E-state index in [2.05, 4.69) is 15.5 Å². The molecule has 0 saturated carbocycles. The number of hydrazone groups is 1. The van der Waals surface area contributed by atoms with Crippen molar-refractivity contribution in [3.8, 4) is 6.07 Å². The van der Waals surface area contributed by atoms with Gasteiger partial charge in [0.1, 0.15) is 10.8 Å². The maximum Gasteiger partial charge on any atom is 0.280 e. The van der Waals surface area contributed by atoms with Crippen molar-refractivity contribution in [2.75, 3.05) is 5.43 Å². The predicted octanol–water partition coefficient (Wildman–Crippen LogP) is 2.85. The van der Waals surface area contributed by atoms with Crippen molar-refractivity contribution >= 4 is 43.7 Å². The van der Waals surface area contributed by atoms with Gasteiger partial charge in [-0.15, -0.1) is 11.3 Å². The molecule has 0 radical (unpaired) electrons. The lowest BCUT2D eigenvalue weighted by molar-refractivity contribution is 0.920. The lowest BCUT2D eigenvalue weighted by Gasteiger charge is -2.08. The third-order valence-electron chi connectivity index (χ3n) is 4.26. The van der Waals surface area contributed by atoms with Crippen molar-refractivity contribution in [2.24, 2.45) is 12.1 Å². The monoisotopic (exact) mass is 387 g/mol. The number of hydrogen-bond acceptors (Lipinski definition) is 7. The van der Waals surface area contributed by atoms with Crippen molar-refractivity contribution in [1.29, 1.82) is 5.26 Å². The number of para-hydroxylation sites is 2. The van der Waals surface area contributed by atoms with Crippen LogP contribution in [0.4, 0.5) is 5.69 Å². The number of benzene rings is 2. The molecule has 28 heavy (non-hydrogen) atoms. The molecule has 0 saturated heterocycles. The maximum atomic E-state index is 12.8. The second-order valence-corrected chi connectivity index (χ2v) is 6.96. The molecule has 2 aromatic heterocycles. The fraction of sp³-hybridized carbons (Fsp3) is 0.0500. The van der Waals surface area contributed by atoms with E-state index in [-0.39, 0.29) is 26.4 Å². The van der Waals surface area contributed by atoms with Gasteiger partial charge in [0, 0.05) is 12.4 Å². The Kier molecular flexibility index (Phi) is 4.43. The molecular weight excluding hydrogens is 374 g/mol. The number of pyridine rings is 1. The summed E-state index contributed by atoms with van der Waals surface area (Å²) in [7, 11) is 1.65. The Bertz CT molecular complexity index is 1400. The summed E-state index contributed by atoms with van der Waals surface area (Å²) in [6.45, 7) is 0. The summed E-state index contributed by atoms with van der Waals surface area (Å²) in [6, 6.07) is 18.2. The number of anilines is 1. The topological polar surface area (TPSA) is 100 Å².